The van der Waals surface area contributed by atoms with E-state index in [1.54, 1.807) is 31.2 Å². The second-order valence-electron chi connectivity index (χ2n) is 11.1. The van der Waals surface area contributed by atoms with Crippen LogP contribution in [0.2, 0.25) is 0 Å². The van der Waals surface area contributed by atoms with Gasteiger partial charge in [-0.25, -0.2) is 17.8 Å². The fourth-order valence-electron chi connectivity index (χ4n) is 5.84. The van der Waals surface area contributed by atoms with Gasteiger partial charge in [-0.3, -0.25) is 9.69 Å². The third-order valence-corrected chi connectivity index (χ3v) is 11.4. The number of ether oxygens (including phenoxy) is 1. The van der Waals surface area contributed by atoms with Gasteiger partial charge in [-0.15, -0.1) is 11.3 Å². The van der Waals surface area contributed by atoms with E-state index in [4.69, 9.17) is 4.74 Å². The van der Waals surface area contributed by atoms with E-state index in [0.717, 1.165) is 28.3 Å². The highest BCUT2D eigenvalue weighted by molar-refractivity contribution is 7.91. The SMILES string of the molecule is CCS(=O)(=O)c1ccc(CNC(=O)c2cc3c(s2)C2(CCN(C(C)c4cnc(C(F)(F)F)c(F)c4)CC2)O[C@H](C)C3)cc1. The lowest BCUT2D eigenvalue weighted by Crippen LogP contribution is -2.48. The molecule has 1 fully saturated rings. The summed E-state index contributed by atoms with van der Waals surface area (Å²) in [5.74, 6) is -1.59. The molecule has 1 saturated heterocycles. The van der Waals surface area contributed by atoms with Gasteiger partial charge in [0.2, 0.25) is 0 Å². The Morgan fingerprint density at radius 1 is 1.21 bits per heavy atom. The number of likely N-dealkylation sites (tertiary alicyclic amines) is 1. The van der Waals surface area contributed by atoms with Crippen LogP contribution in [-0.2, 0) is 39.3 Å². The molecule has 2 aliphatic rings. The van der Waals surface area contributed by atoms with Crippen molar-refractivity contribution in [1.82, 2.24) is 15.2 Å². The van der Waals surface area contributed by atoms with Crippen LogP contribution < -0.4 is 5.32 Å². The van der Waals surface area contributed by atoms with Gasteiger partial charge in [0.25, 0.3) is 5.91 Å². The van der Waals surface area contributed by atoms with Crippen molar-refractivity contribution < 1.29 is 35.5 Å². The monoisotopic (exact) mass is 639 g/mol. The second kappa shape index (κ2) is 11.9. The molecule has 1 aromatic carbocycles. The van der Waals surface area contributed by atoms with E-state index in [1.807, 2.05) is 19.9 Å². The predicted octanol–water partition coefficient (Wildman–Crippen LogP) is 6.04. The molecule has 0 bridgehead atoms. The Hall–Kier alpha value is -2.87. The molecule has 4 heterocycles. The molecule has 3 aromatic rings. The highest BCUT2D eigenvalue weighted by atomic mass is 32.2. The fourth-order valence-corrected chi connectivity index (χ4v) is 8.02. The minimum Gasteiger partial charge on any atom is -0.366 e. The Kier molecular flexibility index (Phi) is 8.73. The van der Waals surface area contributed by atoms with Gasteiger partial charge in [-0.2, -0.15) is 13.2 Å². The van der Waals surface area contributed by atoms with Crippen molar-refractivity contribution in [2.45, 2.75) is 75.4 Å². The van der Waals surface area contributed by atoms with Gasteiger partial charge < -0.3 is 10.1 Å². The van der Waals surface area contributed by atoms with Crippen LogP contribution in [0.4, 0.5) is 17.6 Å². The summed E-state index contributed by atoms with van der Waals surface area (Å²) in [4.78, 5) is 20.4. The number of fused-ring (bicyclic) bond motifs is 2. The number of rotatable bonds is 7. The molecule has 2 atom stereocenters. The molecule has 1 N–H and O–H groups in total. The van der Waals surface area contributed by atoms with Crippen molar-refractivity contribution in [3.8, 4) is 0 Å². The first-order chi connectivity index (χ1) is 20.2. The average Bonchev–Trinajstić information content (AvgIpc) is 3.40. The van der Waals surface area contributed by atoms with Gasteiger partial charge in [0.1, 0.15) is 5.60 Å². The number of alkyl halides is 3. The summed E-state index contributed by atoms with van der Waals surface area (Å²) in [6.07, 6.45) is -1.93. The van der Waals surface area contributed by atoms with Crippen LogP contribution in [0.3, 0.4) is 0 Å². The van der Waals surface area contributed by atoms with E-state index >= 15 is 0 Å². The van der Waals surface area contributed by atoms with Gasteiger partial charge in [-0.05, 0) is 74.1 Å². The van der Waals surface area contributed by atoms with E-state index in [-0.39, 0.29) is 35.2 Å². The molecule has 1 amide bonds. The standard InChI is InChI=1S/C30H33F4N3O4S2/c1-4-43(39,40)23-7-5-20(6-8-23)16-36-28(38)25-15-21-13-18(2)41-29(27(21)42-25)9-11-37(12-10-29)19(3)22-14-24(31)26(35-17-22)30(32,33)34/h5-8,14-15,17-19H,4,9-13,16H2,1-3H3,(H,36,38)/t18-,19?/m1/s1. The largest absolute Gasteiger partial charge is 0.436 e. The number of sulfone groups is 1. The second-order valence-corrected chi connectivity index (χ2v) is 14.5. The van der Waals surface area contributed by atoms with Crippen LogP contribution in [-0.4, -0.2) is 49.2 Å². The maximum absolute atomic E-state index is 14.2. The number of nitrogens with one attached hydrogen (secondary N) is 1. The topological polar surface area (TPSA) is 88.6 Å². The van der Waals surface area contributed by atoms with Crippen molar-refractivity contribution in [3.63, 3.8) is 0 Å². The predicted molar refractivity (Wildman–Crippen MR) is 154 cm³/mol. The molecule has 1 spiro atoms. The number of pyridine rings is 1. The van der Waals surface area contributed by atoms with Gasteiger partial charge >= 0.3 is 6.18 Å². The Labute approximate surface area is 252 Å². The first kappa shape index (κ1) is 31.6. The molecule has 2 aromatic heterocycles. The molecule has 7 nitrogen and oxygen atoms in total. The summed E-state index contributed by atoms with van der Waals surface area (Å²) in [7, 11) is -3.30. The number of nitrogens with zero attached hydrogens (tertiary/aromatic N) is 2. The number of piperidine rings is 1. The minimum atomic E-state index is -4.85. The first-order valence-electron chi connectivity index (χ1n) is 14.1. The van der Waals surface area contributed by atoms with Gasteiger partial charge in [0, 0.05) is 36.8 Å². The lowest BCUT2D eigenvalue weighted by Gasteiger charge is -2.47. The molecule has 5 rings (SSSR count). The molecule has 232 valence electrons. The highest BCUT2D eigenvalue weighted by Gasteiger charge is 2.45. The number of hydrogen-bond donors (Lipinski definition) is 1. The summed E-state index contributed by atoms with van der Waals surface area (Å²) in [5, 5.41) is 2.92. The summed E-state index contributed by atoms with van der Waals surface area (Å²) in [5.41, 5.74) is 0.116. The molecule has 1 unspecified atom stereocenters. The molecular formula is C30H33F4N3O4S2. The van der Waals surface area contributed by atoms with E-state index in [1.165, 1.54) is 11.3 Å². The number of carbonyl (C=O) groups excluding carboxylic acids is 1. The van der Waals surface area contributed by atoms with E-state index < -0.39 is 33.1 Å². The zero-order valence-electron chi connectivity index (χ0n) is 24.0. The normalized spacial score (nSPS) is 19.7. The van der Waals surface area contributed by atoms with Crippen LogP contribution in [0.25, 0.3) is 0 Å². The zero-order chi connectivity index (χ0) is 31.2. The van der Waals surface area contributed by atoms with Crippen molar-refractivity contribution in [2.24, 2.45) is 0 Å². The van der Waals surface area contributed by atoms with Crippen molar-refractivity contribution in [3.05, 3.63) is 80.6 Å². The summed E-state index contributed by atoms with van der Waals surface area (Å²) < 4.78 is 83.7. The highest BCUT2D eigenvalue weighted by Crippen LogP contribution is 2.48. The molecule has 43 heavy (non-hydrogen) atoms. The van der Waals surface area contributed by atoms with Gasteiger partial charge in [0.05, 0.1) is 21.6 Å². The lowest BCUT2D eigenvalue weighted by atomic mass is 9.83. The Bertz CT molecular complexity index is 1600. The van der Waals surface area contributed by atoms with Crippen LogP contribution in [0.5, 0.6) is 0 Å². The number of aromatic nitrogens is 1. The van der Waals surface area contributed by atoms with Crippen LogP contribution >= 0.6 is 11.3 Å². The molecule has 0 radical (unpaired) electrons. The van der Waals surface area contributed by atoms with Crippen molar-refractivity contribution in [1.29, 1.82) is 0 Å². The maximum Gasteiger partial charge on any atom is 0.436 e. The Morgan fingerprint density at radius 3 is 2.49 bits per heavy atom. The van der Waals surface area contributed by atoms with Crippen molar-refractivity contribution >= 4 is 27.1 Å². The number of halogens is 4. The molecule has 2 aliphatic heterocycles. The molecule has 13 heteroatoms. The summed E-state index contributed by atoms with van der Waals surface area (Å²) >= 11 is 1.41. The van der Waals surface area contributed by atoms with Gasteiger partial charge in [0.15, 0.2) is 21.3 Å². The summed E-state index contributed by atoms with van der Waals surface area (Å²) in [6.45, 7) is 6.79. The third-order valence-electron chi connectivity index (χ3n) is 8.26. The fraction of sp³-hybridized carbons (Fsp3) is 0.467. The molecular weight excluding hydrogens is 606 g/mol. The minimum absolute atomic E-state index is 0.0175. The quantitative estimate of drug-likeness (QED) is 0.318. The number of thiophene rings is 1. The van der Waals surface area contributed by atoms with E-state index in [0.29, 0.717) is 42.8 Å². The molecule has 0 aliphatic carbocycles. The number of amides is 1. The van der Waals surface area contributed by atoms with Crippen LogP contribution in [0.15, 0.2) is 47.5 Å². The van der Waals surface area contributed by atoms with E-state index in [2.05, 4.69) is 15.2 Å². The number of carbonyl (C=O) groups is 1. The van der Waals surface area contributed by atoms with E-state index in [9.17, 15) is 30.8 Å². The Balaban J connectivity index is 1.26. The van der Waals surface area contributed by atoms with Crippen LogP contribution in [0.1, 0.15) is 76.6 Å². The van der Waals surface area contributed by atoms with Crippen molar-refractivity contribution in [2.75, 3.05) is 18.8 Å². The maximum atomic E-state index is 14.2. The Morgan fingerprint density at radius 2 is 1.88 bits per heavy atom. The first-order valence-corrected chi connectivity index (χ1v) is 16.6. The smallest absolute Gasteiger partial charge is 0.366 e. The van der Waals surface area contributed by atoms with Gasteiger partial charge in [-0.1, -0.05) is 19.1 Å². The summed E-state index contributed by atoms with van der Waals surface area (Å²) in [6, 6.07) is 8.96. The average molecular weight is 640 g/mol. The zero-order valence-corrected chi connectivity index (χ0v) is 25.6. The number of benzene rings is 1. The van der Waals surface area contributed by atoms with Crippen LogP contribution in [0, 0.1) is 5.82 Å². The molecule has 0 saturated carbocycles. The third kappa shape index (κ3) is 6.50. The number of hydrogen-bond acceptors (Lipinski definition) is 7. The lowest BCUT2D eigenvalue weighted by molar-refractivity contribution is -0.143.